The minimum Gasteiger partial charge on any atom is -0.399 e. The molecule has 1 fully saturated rings. The van der Waals surface area contributed by atoms with E-state index in [1.807, 2.05) is 0 Å². The summed E-state index contributed by atoms with van der Waals surface area (Å²) in [5.74, 6) is 0.0918. The average Bonchev–Trinajstić information content (AvgIpc) is 3.09. The second-order valence-electron chi connectivity index (χ2n) is 3.48. The second-order valence-corrected chi connectivity index (χ2v) is 8.35. The summed E-state index contributed by atoms with van der Waals surface area (Å²) in [6.45, 7) is 0.780. The first-order valence-electron chi connectivity index (χ1n) is 5.55. The molecule has 0 aliphatic heterocycles. The Hall–Kier alpha value is 0.0900. The molecular formula is C9H20NO5PS. The van der Waals surface area contributed by atoms with Crippen molar-refractivity contribution < 1.29 is 23.0 Å². The summed E-state index contributed by atoms with van der Waals surface area (Å²) in [6.07, 6.45) is 1.81. The molecule has 0 spiro atoms. The highest BCUT2D eigenvalue weighted by atomic mass is 32.5. The van der Waals surface area contributed by atoms with E-state index in [1.54, 1.807) is 13.8 Å². The monoisotopic (exact) mass is 285 g/mol. The second kappa shape index (κ2) is 6.87. The fourth-order valence-corrected chi connectivity index (χ4v) is 5.62. The van der Waals surface area contributed by atoms with Gasteiger partial charge in [-0.15, -0.1) is 0 Å². The molecule has 0 bridgehead atoms. The maximum Gasteiger partial charge on any atom is 0.243 e. The summed E-state index contributed by atoms with van der Waals surface area (Å²) < 4.78 is 10.5. The van der Waals surface area contributed by atoms with Gasteiger partial charge in [0.25, 0.3) is 0 Å². The van der Waals surface area contributed by atoms with Crippen LogP contribution in [0.5, 0.6) is 0 Å². The van der Waals surface area contributed by atoms with E-state index >= 15 is 0 Å². The van der Waals surface area contributed by atoms with Crippen LogP contribution in [0.2, 0.25) is 0 Å². The fourth-order valence-electron chi connectivity index (χ4n) is 1.26. The van der Waals surface area contributed by atoms with Crippen molar-refractivity contribution in [2.45, 2.75) is 26.7 Å². The SMILES string of the molecule is CCOS(OCC)=P(O)(O)C(=NOC)C1CC1. The van der Waals surface area contributed by atoms with E-state index in [4.69, 9.17) is 8.37 Å². The van der Waals surface area contributed by atoms with E-state index in [0.717, 1.165) is 12.8 Å². The maximum atomic E-state index is 10.3. The van der Waals surface area contributed by atoms with Crippen LogP contribution in [0, 0.1) is 5.92 Å². The van der Waals surface area contributed by atoms with Gasteiger partial charge in [0, 0.05) is 5.92 Å². The van der Waals surface area contributed by atoms with Crippen molar-refractivity contribution in [3.63, 3.8) is 0 Å². The Kier molecular flexibility index (Phi) is 6.12. The van der Waals surface area contributed by atoms with Crippen LogP contribution in [0.4, 0.5) is 0 Å². The van der Waals surface area contributed by atoms with Gasteiger partial charge < -0.3 is 14.6 Å². The predicted molar refractivity (Wildman–Crippen MR) is 69.1 cm³/mol. The fraction of sp³-hybridized carbons (Fsp3) is 0.889. The molecule has 0 amide bonds. The van der Waals surface area contributed by atoms with E-state index in [-0.39, 0.29) is 5.92 Å². The first kappa shape index (κ1) is 15.1. The van der Waals surface area contributed by atoms with Gasteiger partial charge in [-0.1, -0.05) is 5.16 Å². The van der Waals surface area contributed by atoms with Gasteiger partial charge in [0.1, 0.15) is 23.2 Å². The van der Waals surface area contributed by atoms with Gasteiger partial charge >= 0.3 is 0 Å². The maximum absolute atomic E-state index is 10.3. The zero-order valence-corrected chi connectivity index (χ0v) is 12.0. The molecule has 0 radical (unpaired) electrons. The highest BCUT2D eigenvalue weighted by molar-refractivity contribution is 8.30. The molecular weight excluding hydrogens is 265 g/mol. The Labute approximate surface area is 104 Å². The summed E-state index contributed by atoms with van der Waals surface area (Å²) in [6, 6.07) is 0. The normalized spacial score (nSPS) is 17.6. The molecule has 0 atom stereocenters. The van der Waals surface area contributed by atoms with Crippen molar-refractivity contribution in [1.82, 2.24) is 0 Å². The lowest BCUT2D eigenvalue weighted by atomic mass is 10.5. The van der Waals surface area contributed by atoms with Crippen LogP contribution >= 0.6 is 6.49 Å². The van der Waals surface area contributed by atoms with Crippen LogP contribution in [0.25, 0.3) is 0 Å². The lowest BCUT2D eigenvalue weighted by Crippen LogP contribution is -2.12. The predicted octanol–water partition coefficient (Wildman–Crippen LogP) is 1.62. The minimum atomic E-state index is -3.50. The number of rotatable bonds is 7. The molecule has 1 aliphatic carbocycles. The Morgan fingerprint density at radius 2 is 1.82 bits per heavy atom. The van der Waals surface area contributed by atoms with Crippen LogP contribution in [0.1, 0.15) is 26.7 Å². The quantitative estimate of drug-likeness (QED) is 0.422. The molecule has 0 saturated heterocycles. The zero-order valence-electron chi connectivity index (χ0n) is 10.3. The van der Waals surface area contributed by atoms with Gasteiger partial charge in [0.2, 0.25) is 6.49 Å². The molecule has 1 saturated carbocycles. The van der Waals surface area contributed by atoms with Gasteiger partial charge in [-0.25, -0.2) is 0 Å². The van der Waals surface area contributed by atoms with Crippen molar-refractivity contribution in [3.05, 3.63) is 0 Å². The molecule has 0 aromatic carbocycles. The van der Waals surface area contributed by atoms with Gasteiger partial charge in [-0.2, -0.15) is 0 Å². The zero-order chi connectivity index (χ0) is 12.9. The molecule has 0 aromatic rings. The summed E-state index contributed by atoms with van der Waals surface area (Å²) in [5, 5.41) is 3.76. The Morgan fingerprint density at radius 3 is 2.18 bits per heavy atom. The van der Waals surface area contributed by atoms with Crippen molar-refractivity contribution >= 4 is 22.6 Å². The van der Waals surface area contributed by atoms with E-state index in [2.05, 4.69) is 9.99 Å². The van der Waals surface area contributed by atoms with Crippen LogP contribution in [0.3, 0.4) is 0 Å². The van der Waals surface area contributed by atoms with E-state index in [0.29, 0.717) is 18.7 Å². The summed E-state index contributed by atoms with van der Waals surface area (Å²) in [7, 11) is 0.0552. The number of hydrogen-bond donors (Lipinski definition) is 2. The van der Waals surface area contributed by atoms with Crippen molar-refractivity contribution in [3.8, 4) is 0 Å². The molecule has 0 aromatic heterocycles. The molecule has 1 aliphatic rings. The molecule has 2 N–H and O–H groups in total. The third kappa shape index (κ3) is 4.05. The molecule has 17 heavy (non-hydrogen) atoms. The Balaban J connectivity index is 3.07. The van der Waals surface area contributed by atoms with Crippen LogP contribution in [-0.2, 0) is 23.8 Å². The summed E-state index contributed by atoms with van der Waals surface area (Å²) >= 11 is 0. The summed E-state index contributed by atoms with van der Waals surface area (Å²) in [5.41, 5.74) is 0.297. The number of hydrogen-bond acceptors (Lipinski definition) is 4. The Morgan fingerprint density at radius 1 is 1.29 bits per heavy atom. The molecule has 1 rings (SSSR count). The standard InChI is InChI=1S/C9H20NO5PS/c1-4-14-17(15-5-2)16(11,12)9(10-13-3)8-6-7-8/h8,11-12H,4-7H2,1-3H3. The highest BCUT2D eigenvalue weighted by Crippen LogP contribution is 2.52. The highest BCUT2D eigenvalue weighted by Gasteiger charge is 2.39. The first-order chi connectivity index (χ1) is 8.07. The molecule has 0 heterocycles. The smallest absolute Gasteiger partial charge is 0.243 e. The van der Waals surface area contributed by atoms with Crippen molar-refractivity contribution in [2.75, 3.05) is 20.3 Å². The third-order valence-corrected chi connectivity index (χ3v) is 6.85. The number of nitrogens with zero attached hydrogens (tertiary/aromatic N) is 1. The van der Waals surface area contributed by atoms with Crippen molar-refractivity contribution in [2.24, 2.45) is 11.1 Å². The van der Waals surface area contributed by atoms with Crippen LogP contribution in [-0.4, -0.2) is 35.6 Å². The van der Waals surface area contributed by atoms with Crippen molar-refractivity contribution in [1.29, 1.82) is 0 Å². The van der Waals surface area contributed by atoms with Crippen LogP contribution < -0.4 is 0 Å². The molecule has 8 heteroatoms. The van der Waals surface area contributed by atoms with E-state index in [1.165, 1.54) is 7.11 Å². The molecule has 102 valence electrons. The van der Waals surface area contributed by atoms with Crippen LogP contribution in [0.15, 0.2) is 5.16 Å². The third-order valence-electron chi connectivity index (χ3n) is 2.07. The Bertz CT molecular complexity index is 328. The molecule has 6 nitrogen and oxygen atoms in total. The largest absolute Gasteiger partial charge is 0.399 e. The summed E-state index contributed by atoms with van der Waals surface area (Å²) in [4.78, 5) is 25.2. The van der Waals surface area contributed by atoms with Gasteiger partial charge in [-0.05, 0) is 26.7 Å². The van der Waals surface area contributed by atoms with E-state index < -0.39 is 17.1 Å². The molecule has 0 unspecified atom stereocenters. The first-order valence-corrected chi connectivity index (χ1v) is 8.93. The van der Waals surface area contributed by atoms with Gasteiger partial charge in [0.15, 0.2) is 0 Å². The minimum absolute atomic E-state index is 0.0918. The lowest BCUT2D eigenvalue weighted by molar-refractivity contribution is 0.213. The van der Waals surface area contributed by atoms with Gasteiger partial charge in [0.05, 0.1) is 13.2 Å². The topological polar surface area (TPSA) is 80.5 Å². The number of oxime groups is 1. The lowest BCUT2D eigenvalue weighted by Gasteiger charge is -2.19. The average molecular weight is 285 g/mol. The van der Waals surface area contributed by atoms with Gasteiger partial charge in [-0.3, -0.25) is 8.37 Å². The van der Waals surface area contributed by atoms with E-state index in [9.17, 15) is 9.79 Å².